The summed E-state index contributed by atoms with van der Waals surface area (Å²) < 4.78 is 38.5. The van der Waals surface area contributed by atoms with E-state index in [4.69, 9.17) is 5.73 Å². The maximum Gasteiger partial charge on any atom is 0.416 e. The number of nitrogens with two attached hydrogens (primary N) is 1. The van der Waals surface area contributed by atoms with Crippen LogP contribution in [0.5, 0.6) is 0 Å². The topological polar surface area (TPSA) is 55.1 Å². The van der Waals surface area contributed by atoms with E-state index in [0.29, 0.717) is 0 Å². The van der Waals surface area contributed by atoms with Gasteiger partial charge in [-0.25, -0.2) is 0 Å². The second-order valence-corrected chi connectivity index (χ2v) is 4.97. The molecule has 1 rings (SSSR count). The van der Waals surface area contributed by atoms with Crippen LogP contribution in [-0.4, -0.2) is 18.5 Å². The van der Waals surface area contributed by atoms with Crippen LogP contribution < -0.4 is 11.1 Å². The predicted octanol–water partition coefficient (Wildman–Crippen LogP) is 2.88. The summed E-state index contributed by atoms with van der Waals surface area (Å²) in [6.45, 7) is 2.31. The Balaban J connectivity index is 2.71. The Morgan fingerprint density at radius 2 is 2.00 bits per heavy atom. The van der Waals surface area contributed by atoms with E-state index in [-0.39, 0.29) is 24.6 Å². The Morgan fingerprint density at radius 1 is 1.33 bits per heavy atom. The molecule has 0 spiro atoms. The van der Waals surface area contributed by atoms with Gasteiger partial charge in [0.1, 0.15) is 0 Å². The van der Waals surface area contributed by atoms with Gasteiger partial charge in [0.05, 0.1) is 12.0 Å². The number of benzene rings is 1. The first kappa shape index (κ1) is 17.5. The summed E-state index contributed by atoms with van der Waals surface area (Å²) in [4.78, 5) is 11.9. The number of unbranched alkanes of at least 4 members (excludes halogenated alkanes) is 1. The van der Waals surface area contributed by atoms with Crippen molar-refractivity contribution in [1.82, 2.24) is 5.32 Å². The number of amides is 1. The Bertz CT molecular complexity index is 460. The summed E-state index contributed by atoms with van der Waals surface area (Å²) in [6.07, 6.45) is -2.12. The highest BCUT2D eigenvalue weighted by molar-refractivity contribution is 5.79. The molecule has 118 valence electrons. The zero-order valence-corrected chi connectivity index (χ0v) is 12.0. The minimum atomic E-state index is -4.45. The van der Waals surface area contributed by atoms with Crippen LogP contribution in [0.3, 0.4) is 0 Å². The maximum atomic E-state index is 12.8. The van der Waals surface area contributed by atoms with E-state index in [9.17, 15) is 18.0 Å². The van der Waals surface area contributed by atoms with Crippen LogP contribution in [-0.2, 0) is 17.4 Å². The van der Waals surface area contributed by atoms with Crippen molar-refractivity contribution in [2.24, 2.45) is 5.73 Å². The van der Waals surface area contributed by atoms with Crippen molar-refractivity contribution >= 4 is 5.91 Å². The number of halogens is 3. The third kappa shape index (κ3) is 5.75. The molecular weight excluding hydrogens is 281 g/mol. The van der Waals surface area contributed by atoms with Crippen LogP contribution in [0, 0.1) is 0 Å². The predicted molar refractivity (Wildman–Crippen MR) is 75.7 cm³/mol. The third-order valence-corrected chi connectivity index (χ3v) is 3.23. The van der Waals surface area contributed by atoms with Gasteiger partial charge in [0, 0.05) is 12.6 Å². The average molecular weight is 302 g/mol. The van der Waals surface area contributed by atoms with Crippen LogP contribution in [0.1, 0.15) is 37.3 Å². The Morgan fingerprint density at radius 3 is 2.57 bits per heavy atom. The standard InChI is InChI=1S/C15H21F3N2O/c1-2-3-7-12(10-19)20-14(21)9-11-6-4-5-8-13(11)15(16,17)18/h4-6,8,12H,2-3,7,9-10,19H2,1H3,(H,20,21). The first-order chi connectivity index (χ1) is 9.88. The van der Waals surface area contributed by atoms with Crippen molar-refractivity contribution in [3.8, 4) is 0 Å². The van der Waals surface area contributed by atoms with Crippen LogP contribution in [0.2, 0.25) is 0 Å². The van der Waals surface area contributed by atoms with E-state index in [1.54, 1.807) is 0 Å². The van der Waals surface area contributed by atoms with Crippen molar-refractivity contribution < 1.29 is 18.0 Å². The zero-order valence-electron chi connectivity index (χ0n) is 12.0. The average Bonchev–Trinajstić information content (AvgIpc) is 2.42. The van der Waals surface area contributed by atoms with E-state index in [0.717, 1.165) is 25.3 Å². The van der Waals surface area contributed by atoms with Gasteiger partial charge in [-0.1, -0.05) is 38.0 Å². The van der Waals surface area contributed by atoms with E-state index < -0.39 is 17.6 Å². The fourth-order valence-corrected chi connectivity index (χ4v) is 2.10. The monoisotopic (exact) mass is 302 g/mol. The molecule has 0 aliphatic heterocycles. The summed E-state index contributed by atoms with van der Waals surface area (Å²) in [6, 6.07) is 4.94. The molecule has 1 atom stereocenters. The highest BCUT2D eigenvalue weighted by atomic mass is 19.4. The van der Waals surface area contributed by atoms with Crippen molar-refractivity contribution in [3.05, 3.63) is 35.4 Å². The molecule has 1 aromatic carbocycles. The van der Waals surface area contributed by atoms with Crippen molar-refractivity contribution in [1.29, 1.82) is 0 Å². The Hall–Kier alpha value is -1.56. The molecule has 1 unspecified atom stereocenters. The van der Waals surface area contributed by atoms with Crippen LogP contribution in [0.15, 0.2) is 24.3 Å². The molecular formula is C15H21F3N2O. The number of hydrogen-bond acceptors (Lipinski definition) is 2. The lowest BCUT2D eigenvalue weighted by Crippen LogP contribution is -2.41. The quantitative estimate of drug-likeness (QED) is 0.813. The second kappa shape index (κ2) is 8.02. The lowest BCUT2D eigenvalue weighted by Gasteiger charge is -2.17. The maximum absolute atomic E-state index is 12.8. The summed E-state index contributed by atoms with van der Waals surface area (Å²) >= 11 is 0. The van der Waals surface area contributed by atoms with Gasteiger partial charge in [-0.2, -0.15) is 13.2 Å². The van der Waals surface area contributed by atoms with Gasteiger partial charge < -0.3 is 11.1 Å². The molecule has 1 amide bonds. The van der Waals surface area contributed by atoms with Crippen LogP contribution in [0.4, 0.5) is 13.2 Å². The molecule has 3 N–H and O–H groups in total. The summed E-state index contributed by atoms with van der Waals surface area (Å²) in [5.41, 5.74) is 4.77. The lowest BCUT2D eigenvalue weighted by atomic mass is 10.0. The Kier molecular flexibility index (Phi) is 6.68. The fraction of sp³-hybridized carbons (Fsp3) is 0.533. The summed E-state index contributed by atoms with van der Waals surface area (Å²) in [5.74, 6) is -0.432. The minimum Gasteiger partial charge on any atom is -0.352 e. The van der Waals surface area contributed by atoms with Gasteiger partial charge in [0.25, 0.3) is 0 Å². The summed E-state index contributed by atoms with van der Waals surface area (Å²) in [5, 5.41) is 2.70. The van der Waals surface area contributed by atoms with Gasteiger partial charge in [-0.15, -0.1) is 0 Å². The molecule has 0 aromatic heterocycles. The number of hydrogen-bond donors (Lipinski definition) is 2. The number of rotatable bonds is 7. The molecule has 1 aromatic rings. The Labute approximate surface area is 122 Å². The second-order valence-electron chi connectivity index (χ2n) is 4.97. The van der Waals surface area contributed by atoms with E-state index in [1.807, 2.05) is 6.92 Å². The highest BCUT2D eigenvalue weighted by Gasteiger charge is 2.33. The number of carbonyl (C=O) groups is 1. The summed E-state index contributed by atoms with van der Waals surface area (Å²) in [7, 11) is 0. The van der Waals surface area contributed by atoms with Gasteiger partial charge >= 0.3 is 6.18 Å². The van der Waals surface area contributed by atoms with Crippen molar-refractivity contribution in [3.63, 3.8) is 0 Å². The number of carbonyl (C=O) groups excluding carboxylic acids is 1. The van der Waals surface area contributed by atoms with Gasteiger partial charge in [0.15, 0.2) is 0 Å². The molecule has 6 heteroatoms. The largest absolute Gasteiger partial charge is 0.416 e. The number of nitrogens with one attached hydrogen (secondary N) is 1. The van der Waals surface area contributed by atoms with E-state index >= 15 is 0 Å². The molecule has 0 radical (unpaired) electrons. The van der Waals surface area contributed by atoms with Gasteiger partial charge in [-0.3, -0.25) is 4.79 Å². The van der Waals surface area contributed by atoms with E-state index in [2.05, 4.69) is 5.32 Å². The smallest absolute Gasteiger partial charge is 0.352 e. The first-order valence-electron chi connectivity index (χ1n) is 7.03. The van der Waals surface area contributed by atoms with Crippen molar-refractivity contribution in [2.75, 3.05) is 6.54 Å². The zero-order chi connectivity index (χ0) is 15.9. The SMILES string of the molecule is CCCCC(CN)NC(=O)Cc1ccccc1C(F)(F)F. The van der Waals surface area contributed by atoms with Crippen molar-refractivity contribution in [2.45, 2.75) is 44.8 Å². The fourth-order valence-electron chi connectivity index (χ4n) is 2.10. The number of alkyl halides is 3. The van der Waals surface area contributed by atoms with Gasteiger partial charge in [0.2, 0.25) is 5.91 Å². The molecule has 0 saturated carbocycles. The van der Waals surface area contributed by atoms with Crippen LogP contribution in [0.25, 0.3) is 0 Å². The molecule has 0 aliphatic rings. The minimum absolute atomic E-state index is 0.0197. The molecule has 0 fully saturated rings. The molecule has 0 heterocycles. The molecule has 3 nitrogen and oxygen atoms in total. The van der Waals surface area contributed by atoms with E-state index in [1.165, 1.54) is 18.2 Å². The molecule has 0 aliphatic carbocycles. The molecule has 0 saturated heterocycles. The lowest BCUT2D eigenvalue weighted by molar-refractivity contribution is -0.138. The first-order valence-corrected chi connectivity index (χ1v) is 7.03. The molecule has 21 heavy (non-hydrogen) atoms. The highest BCUT2D eigenvalue weighted by Crippen LogP contribution is 2.31. The normalized spacial score (nSPS) is 13.0. The molecule has 0 bridgehead atoms. The third-order valence-electron chi connectivity index (χ3n) is 3.23. The van der Waals surface area contributed by atoms with Gasteiger partial charge in [-0.05, 0) is 18.1 Å². The van der Waals surface area contributed by atoms with Crippen LogP contribution >= 0.6 is 0 Å².